The highest BCUT2D eigenvalue weighted by molar-refractivity contribution is 5.83. The summed E-state index contributed by atoms with van der Waals surface area (Å²) in [6.07, 6.45) is 3.98. The van der Waals surface area contributed by atoms with Gasteiger partial charge in [0.25, 0.3) is 0 Å². The van der Waals surface area contributed by atoms with Crippen molar-refractivity contribution < 1.29 is 9.13 Å². The number of aromatic amines is 1. The van der Waals surface area contributed by atoms with E-state index in [1.807, 2.05) is 6.07 Å². The predicted octanol–water partition coefficient (Wildman–Crippen LogP) is 4.28. The fourth-order valence-corrected chi connectivity index (χ4v) is 4.16. The fourth-order valence-electron chi connectivity index (χ4n) is 4.16. The van der Waals surface area contributed by atoms with Gasteiger partial charge in [0.2, 0.25) is 0 Å². The van der Waals surface area contributed by atoms with Crippen LogP contribution < -0.4 is 0 Å². The van der Waals surface area contributed by atoms with Crippen molar-refractivity contribution in [2.45, 2.75) is 12.6 Å². The van der Waals surface area contributed by atoms with Gasteiger partial charge in [-0.25, -0.2) is 9.37 Å². The molecule has 2 aromatic carbocycles. The number of nitrogens with one attached hydrogen (secondary N) is 1. The van der Waals surface area contributed by atoms with Crippen LogP contribution in [0.3, 0.4) is 0 Å². The number of hydrogen-bond acceptors (Lipinski definition) is 3. The summed E-state index contributed by atoms with van der Waals surface area (Å²) in [6.45, 7) is 2.95. The minimum atomic E-state index is -0.253. The van der Waals surface area contributed by atoms with Crippen LogP contribution in [-0.2, 0) is 18.3 Å². The van der Waals surface area contributed by atoms with E-state index >= 15 is 0 Å². The number of nitrogens with zero attached hydrogens (tertiary/aromatic N) is 3. The molecule has 5 nitrogen and oxygen atoms in total. The quantitative estimate of drug-likeness (QED) is 0.566. The number of benzene rings is 2. The second-order valence-electron chi connectivity index (χ2n) is 7.54. The van der Waals surface area contributed by atoms with E-state index in [2.05, 4.69) is 56.9 Å². The minimum Gasteiger partial charge on any atom is -0.378 e. The molecule has 4 aromatic rings. The largest absolute Gasteiger partial charge is 0.378 e. The van der Waals surface area contributed by atoms with Crippen molar-refractivity contribution in [3.63, 3.8) is 0 Å². The molecule has 0 unspecified atom stereocenters. The van der Waals surface area contributed by atoms with E-state index in [-0.39, 0.29) is 11.9 Å². The third-order valence-electron chi connectivity index (χ3n) is 5.64. The zero-order chi connectivity index (χ0) is 19.8. The van der Waals surface area contributed by atoms with Crippen LogP contribution in [0.1, 0.15) is 17.4 Å². The van der Waals surface area contributed by atoms with E-state index in [1.54, 1.807) is 12.3 Å². The first kappa shape index (κ1) is 18.1. The molecule has 0 radical (unpaired) electrons. The Morgan fingerprint density at radius 3 is 3.00 bits per heavy atom. The summed E-state index contributed by atoms with van der Waals surface area (Å²) in [4.78, 5) is 10.4. The highest BCUT2D eigenvalue weighted by atomic mass is 19.1. The van der Waals surface area contributed by atoms with Gasteiger partial charge in [0, 0.05) is 42.8 Å². The first-order chi connectivity index (χ1) is 14.2. The predicted molar refractivity (Wildman–Crippen MR) is 111 cm³/mol. The summed E-state index contributed by atoms with van der Waals surface area (Å²) in [5.74, 6) is 0.599. The van der Waals surface area contributed by atoms with Crippen LogP contribution in [0.15, 0.2) is 60.9 Å². The van der Waals surface area contributed by atoms with Gasteiger partial charge in [-0.3, -0.25) is 4.90 Å². The molecule has 5 rings (SSSR count). The number of hydrogen-bond donors (Lipinski definition) is 1. The molecule has 1 aliphatic heterocycles. The van der Waals surface area contributed by atoms with Crippen molar-refractivity contribution in [2.75, 3.05) is 19.8 Å². The zero-order valence-electron chi connectivity index (χ0n) is 16.3. The summed E-state index contributed by atoms with van der Waals surface area (Å²) < 4.78 is 21.5. The van der Waals surface area contributed by atoms with Crippen molar-refractivity contribution in [1.82, 2.24) is 19.4 Å². The smallest absolute Gasteiger partial charge is 0.126 e. The maximum Gasteiger partial charge on any atom is 0.126 e. The minimum absolute atomic E-state index is 0.0324. The van der Waals surface area contributed by atoms with Crippen LogP contribution in [0.2, 0.25) is 0 Å². The Bertz CT molecular complexity index is 1150. The highest BCUT2D eigenvalue weighted by Crippen LogP contribution is 2.29. The zero-order valence-corrected chi connectivity index (χ0v) is 16.3. The van der Waals surface area contributed by atoms with Crippen LogP contribution in [0.25, 0.3) is 22.2 Å². The van der Waals surface area contributed by atoms with Gasteiger partial charge in [0.05, 0.1) is 31.1 Å². The summed E-state index contributed by atoms with van der Waals surface area (Å²) >= 11 is 0. The average molecular weight is 390 g/mol. The molecular formula is C23H23FN4O. The van der Waals surface area contributed by atoms with Gasteiger partial charge < -0.3 is 14.3 Å². The molecule has 1 saturated heterocycles. The van der Waals surface area contributed by atoms with Crippen LogP contribution in [-0.4, -0.2) is 39.2 Å². The first-order valence-corrected chi connectivity index (χ1v) is 9.84. The van der Waals surface area contributed by atoms with Gasteiger partial charge >= 0.3 is 0 Å². The number of morpholine rings is 1. The van der Waals surface area contributed by atoms with E-state index in [0.29, 0.717) is 13.2 Å². The molecule has 0 aliphatic carbocycles. The van der Waals surface area contributed by atoms with E-state index < -0.39 is 0 Å². The summed E-state index contributed by atoms with van der Waals surface area (Å²) in [6, 6.07) is 15.1. The van der Waals surface area contributed by atoms with Crippen molar-refractivity contribution in [2.24, 2.45) is 7.05 Å². The number of rotatable bonds is 4. The van der Waals surface area contributed by atoms with E-state index in [0.717, 1.165) is 30.2 Å². The molecule has 148 valence electrons. The Hall–Kier alpha value is -2.96. The van der Waals surface area contributed by atoms with Gasteiger partial charge in [-0.15, -0.1) is 0 Å². The summed E-state index contributed by atoms with van der Waals surface area (Å²) in [5.41, 5.74) is 4.14. The van der Waals surface area contributed by atoms with Crippen LogP contribution >= 0.6 is 0 Å². The van der Waals surface area contributed by atoms with Gasteiger partial charge in [-0.1, -0.05) is 30.3 Å². The number of imidazole rings is 1. The van der Waals surface area contributed by atoms with Crippen LogP contribution in [0.5, 0.6) is 0 Å². The Labute approximate surface area is 168 Å². The number of halogens is 1. The lowest BCUT2D eigenvalue weighted by molar-refractivity contribution is -0.0154. The summed E-state index contributed by atoms with van der Waals surface area (Å²) in [5, 5.41) is 1.28. The standard InChI is InChI=1S/C23H23FN4O/c1-27-13-17(19-7-2-3-8-21(19)27)14-28-9-10-29-15-22(28)23-25-12-20(26-23)16-5-4-6-18(24)11-16/h2-8,11-13,22H,9-10,14-15H2,1H3,(H,25,26)/t22-/m0/s1. The molecule has 3 heterocycles. The first-order valence-electron chi connectivity index (χ1n) is 9.84. The Kier molecular flexibility index (Phi) is 4.66. The SMILES string of the molecule is Cn1cc(CN2CCOC[C@H]2c2ncc(-c3cccc(F)c3)[nH]2)c2ccccc21. The number of ether oxygens (including phenoxy) is 1. The summed E-state index contributed by atoms with van der Waals surface area (Å²) in [7, 11) is 2.08. The van der Waals surface area contributed by atoms with Gasteiger partial charge in [0.1, 0.15) is 11.6 Å². The van der Waals surface area contributed by atoms with Crippen molar-refractivity contribution in [3.8, 4) is 11.3 Å². The van der Waals surface area contributed by atoms with Crippen LogP contribution in [0.4, 0.5) is 4.39 Å². The Morgan fingerprint density at radius 2 is 2.10 bits per heavy atom. The lowest BCUT2D eigenvalue weighted by atomic mass is 10.1. The molecule has 1 aliphatic rings. The lowest BCUT2D eigenvalue weighted by Gasteiger charge is -2.34. The molecule has 1 atom stereocenters. The van der Waals surface area contributed by atoms with Crippen LogP contribution in [0, 0.1) is 5.82 Å². The third-order valence-corrected chi connectivity index (χ3v) is 5.64. The van der Waals surface area contributed by atoms with Gasteiger partial charge in [-0.2, -0.15) is 0 Å². The third kappa shape index (κ3) is 3.45. The maximum atomic E-state index is 13.6. The highest BCUT2D eigenvalue weighted by Gasteiger charge is 2.28. The molecule has 1 fully saturated rings. The van der Waals surface area contributed by atoms with Crippen molar-refractivity contribution >= 4 is 10.9 Å². The number of H-pyrrole nitrogens is 1. The topological polar surface area (TPSA) is 46.1 Å². The van der Waals surface area contributed by atoms with Crippen molar-refractivity contribution in [1.29, 1.82) is 0 Å². The van der Waals surface area contributed by atoms with E-state index in [4.69, 9.17) is 4.74 Å². The molecule has 0 amide bonds. The Balaban J connectivity index is 1.43. The van der Waals surface area contributed by atoms with Gasteiger partial charge in [-0.05, 0) is 23.8 Å². The van der Waals surface area contributed by atoms with E-state index in [9.17, 15) is 4.39 Å². The molecule has 29 heavy (non-hydrogen) atoms. The maximum absolute atomic E-state index is 13.6. The molecule has 0 saturated carbocycles. The number of aryl methyl sites for hydroxylation is 1. The molecule has 2 aromatic heterocycles. The Morgan fingerprint density at radius 1 is 1.21 bits per heavy atom. The van der Waals surface area contributed by atoms with Crippen molar-refractivity contribution in [3.05, 3.63) is 78.1 Å². The normalized spacial score (nSPS) is 17.8. The monoisotopic (exact) mass is 390 g/mol. The van der Waals surface area contributed by atoms with Gasteiger partial charge in [0.15, 0.2) is 0 Å². The second kappa shape index (κ2) is 7.46. The second-order valence-corrected chi connectivity index (χ2v) is 7.54. The molecule has 1 N–H and O–H groups in total. The molecule has 6 heteroatoms. The molecule has 0 bridgehead atoms. The van der Waals surface area contributed by atoms with E-state index in [1.165, 1.54) is 28.6 Å². The fraction of sp³-hybridized carbons (Fsp3) is 0.261. The molecule has 0 spiro atoms. The number of para-hydroxylation sites is 1. The average Bonchev–Trinajstić information content (AvgIpc) is 3.35. The number of aromatic nitrogens is 3. The lowest BCUT2D eigenvalue weighted by Crippen LogP contribution is -2.39. The number of fused-ring (bicyclic) bond motifs is 1. The molecular weight excluding hydrogens is 367 g/mol.